The van der Waals surface area contributed by atoms with Crippen molar-refractivity contribution in [2.75, 3.05) is 0 Å². The molecule has 1 unspecified atom stereocenters. The van der Waals surface area contributed by atoms with E-state index in [1.54, 1.807) is 21.4 Å². The number of nitrogens with zero attached hydrogens (tertiary/aromatic N) is 4. The Balaban J connectivity index is 1.90. The fourth-order valence-corrected chi connectivity index (χ4v) is 4.48. The van der Waals surface area contributed by atoms with Gasteiger partial charge in [0.15, 0.2) is 5.65 Å². The topological polar surface area (TPSA) is 82.0 Å². The Morgan fingerprint density at radius 2 is 1.97 bits per heavy atom. The van der Waals surface area contributed by atoms with E-state index in [4.69, 9.17) is 0 Å². The number of aryl methyl sites for hydroxylation is 2. The van der Waals surface area contributed by atoms with Gasteiger partial charge >= 0.3 is 11.7 Å². The summed E-state index contributed by atoms with van der Waals surface area (Å²) in [4.78, 5) is 29.4. The second kappa shape index (κ2) is 7.82. The third kappa shape index (κ3) is 3.30. The molecule has 1 atom stereocenters. The molecule has 0 saturated carbocycles. The first-order valence-electron chi connectivity index (χ1n) is 10.2. The quantitative estimate of drug-likeness (QED) is 0.505. The van der Waals surface area contributed by atoms with Gasteiger partial charge in [0, 0.05) is 36.4 Å². The summed E-state index contributed by atoms with van der Waals surface area (Å²) in [5.41, 5.74) is 4.36. The van der Waals surface area contributed by atoms with Crippen molar-refractivity contribution in [3.63, 3.8) is 0 Å². The number of rotatable bonds is 7. The smallest absolute Gasteiger partial charge is 0.330 e. The van der Waals surface area contributed by atoms with Crippen LogP contribution in [0.1, 0.15) is 43.4 Å². The summed E-state index contributed by atoms with van der Waals surface area (Å²) in [5.74, 6) is -0.908. The number of imidazole rings is 1. The highest BCUT2D eigenvalue weighted by Crippen LogP contribution is 2.27. The number of carbonyl (C=O) groups is 1. The van der Waals surface area contributed by atoms with Gasteiger partial charge in [-0.1, -0.05) is 25.5 Å². The lowest BCUT2D eigenvalue weighted by atomic mass is 10.1. The number of hydrogen-bond donors (Lipinski definition) is 1. The monoisotopic (exact) mass is 406 g/mol. The molecule has 4 aromatic rings. The molecule has 30 heavy (non-hydrogen) atoms. The maximum atomic E-state index is 13.5. The second-order valence-corrected chi connectivity index (χ2v) is 7.86. The first-order valence-corrected chi connectivity index (χ1v) is 10.2. The zero-order chi connectivity index (χ0) is 21.4. The van der Waals surface area contributed by atoms with E-state index in [1.807, 2.05) is 26.1 Å². The molecule has 3 aromatic heterocycles. The lowest BCUT2D eigenvalue weighted by Gasteiger charge is -2.15. The van der Waals surface area contributed by atoms with E-state index in [1.165, 1.54) is 0 Å². The number of pyridine rings is 1. The molecule has 4 rings (SSSR count). The summed E-state index contributed by atoms with van der Waals surface area (Å²) < 4.78 is 5.36. The Bertz CT molecular complexity index is 1300. The van der Waals surface area contributed by atoms with Gasteiger partial charge in [-0.25, -0.2) is 9.78 Å². The molecule has 7 heteroatoms. The maximum absolute atomic E-state index is 13.5. The standard InChI is InChI=1S/C23H26N4O3/c1-4-7-17(12-20(28)29)27-19-10-6-11-24-22(19)26(23(27)30)14-16-13-25(3)18-9-5-8-15(2)21(16)18/h5-6,8-11,13,17H,4,7,12,14H2,1-3H3,(H,28,29). The van der Waals surface area contributed by atoms with Crippen LogP contribution in [0.15, 0.2) is 47.5 Å². The predicted octanol–water partition coefficient (Wildman–Crippen LogP) is 3.86. The van der Waals surface area contributed by atoms with Crippen LogP contribution in [0.2, 0.25) is 0 Å². The Morgan fingerprint density at radius 1 is 1.20 bits per heavy atom. The van der Waals surface area contributed by atoms with E-state index in [9.17, 15) is 14.7 Å². The van der Waals surface area contributed by atoms with E-state index in [0.717, 1.165) is 28.5 Å². The van der Waals surface area contributed by atoms with Crippen LogP contribution in [0.3, 0.4) is 0 Å². The number of aliphatic carboxylic acids is 1. The molecule has 0 fully saturated rings. The molecular weight excluding hydrogens is 380 g/mol. The summed E-state index contributed by atoms with van der Waals surface area (Å²) in [6, 6.07) is 9.40. The molecule has 0 radical (unpaired) electrons. The van der Waals surface area contributed by atoms with Gasteiger partial charge in [0.1, 0.15) is 0 Å². The third-order valence-electron chi connectivity index (χ3n) is 5.75. The summed E-state index contributed by atoms with van der Waals surface area (Å²) in [7, 11) is 2.00. The molecule has 0 bridgehead atoms. The van der Waals surface area contributed by atoms with E-state index in [-0.39, 0.29) is 12.1 Å². The van der Waals surface area contributed by atoms with E-state index >= 15 is 0 Å². The lowest BCUT2D eigenvalue weighted by Crippen LogP contribution is -2.29. The van der Waals surface area contributed by atoms with Gasteiger partial charge < -0.3 is 9.67 Å². The first kappa shape index (κ1) is 19.9. The van der Waals surface area contributed by atoms with Gasteiger partial charge in [0.25, 0.3) is 0 Å². The number of aromatic nitrogens is 4. The van der Waals surface area contributed by atoms with Gasteiger partial charge in [0.05, 0.1) is 18.5 Å². The van der Waals surface area contributed by atoms with E-state index < -0.39 is 12.0 Å². The molecule has 7 nitrogen and oxygen atoms in total. The van der Waals surface area contributed by atoms with E-state index in [2.05, 4.69) is 34.8 Å². The lowest BCUT2D eigenvalue weighted by molar-refractivity contribution is -0.137. The van der Waals surface area contributed by atoms with Gasteiger partial charge in [0.2, 0.25) is 0 Å². The van der Waals surface area contributed by atoms with Crippen LogP contribution < -0.4 is 5.69 Å². The summed E-state index contributed by atoms with van der Waals surface area (Å²) >= 11 is 0. The van der Waals surface area contributed by atoms with Crippen molar-refractivity contribution in [1.29, 1.82) is 0 Å². The number of carboxylic acids is 1. The fourth-order valence-electron chi connectivity index (χ4n) is 4.48. The van der Waals surface area contributed by atoms with Crippen LogP contribution >= 0.6 is 0 Å². The molecule has 1 N–H and O–H groups in total. The Hall–Kier alpha value is -3.35. The normalized spacial score (nSPS) is 12.6. The summed E-state index contributed by atoms with van der Waals surface area (Å²) in [6.45, 7) is 4.45. The molecule has 156 valence electrons. The zero-order valence-corrected chi connectivity index (χ0v) is 17.5. The minimum atomic E-state index is -0.908. The number of hydrogen-bond acceptors (Lipinski definition) is 3. The average Bonchev–Trinajstić information content (AvgIpc) is 3.17. The van der Waals surface area contributed by atoms with Gasteiger partial charge in [-0.3, -0.25) is 13.9 Å². The molecule has 0 aliphatic carbocycles. The van der Waals surface area contributed by atoms with Crippen molar-refractivity contribution < 1.29 is 9.90 Å². The van der Waals surface area contributed by atoms with Crippen LogP contribution in [0.4, 0.5) is 0 Å². The van der Waals surface area contributed by atoms with Gasteiger partial charge in [-0.05, 0) is 42.7 Å². The van der Waals surface area contributed by atoms with Crippen molar-refractivity contribution in [2.45, 2.75) is 45.7 Å². The first-order chi connectivity index (χ1) is 14.4. The molecule has 0 aliphatic rings. The largest absolute Gasteiger partial charge is 0.481 e. The second-order valence-electron chi connectivity index (χ2n) is 7.86. The van der Waals surface area contributed by atoms with Crippen LogP contribution in [0, 0.1) is 6.92 Å². The fraction of sp³-hybridized carbons (Fsp3) is 0.348. The van der Waals surface area contributed by atoms with Crippen molar-refractivity contribution in [3.8, 4) is 0 Å². The predicted molar refractivity (Wildman–Crippen MR) is 117 cm³/mol. The Kier molecular flexibility index (Phi) is 5.20. The van der Waals surface area contributed by atoms with Crippen LogP contribution in [-0.4, -0.2) is 29.8 Å². The third-order valence-corrected chi connectivity index (χ3v) is 5.75. The summed E-state index contributed by atoms with van der Waals surface area (Å²) in [5, 5.41) is 10.5. The van der Waals surface area contributed by atoms with Crippen LogP contribution in [0.5, 0.6) is 0 Å². The van der Waals surface area contributed by atoms with E-state index in [0.29, 0.717) is 24.1 Å². The van der Waals surface area contributed by atoms with Crippen LogP contribution in [-0.2, 0) is 18.4 Å². The van der Waals surface area contributed by atoms with Crippen molar-refractivity contribution in [1.82, 2.24) is 18.7 Å². The highest BCUT2D eigenvalue weighted by Gasteiger charge is 2.23. The average molecular weight is 406 g/mol. The Labute approximate surface area is 174 Å². The molecule has 0 spiro atoms. The van der Waals surface area contributed by atoms with Crippen molar-refractivity contribution in [2.24, 2.45) is 7.05 Å². The SMILES string of the molecule is CCCC(CC(=O)O)n1c(=O)n(Cc2cn(C)c3cccc(C)c23)c2ncccc21. The van der Waals surface area contributed by atoms with Gasteiger partial charge in [-0.2, -0.15) is 0 Å². The molecular formula is C23H26N4O3. The molecule has 3 heterocycles. The van der Waals surface area contributed by atoms with Crippen molar-refractivity contribution >= 4 is 28.0 Å². The van der Waals surface area contributed by atoms with Crippen LogP contribution in [0.25, 0.3) is 22.1 Å². The number of carboxylic acid groups (broad SMARTS) is 1. The molecule has 0 aliphatic heterocycles. The number of fused-ring (bicyclic) bond motifs is 2. The Morgan fingerprint density at radius 3 is 2.70 bits per heavy atom. The highest BCUT2D eigenvalue weighted by atomic mass is 16.4. The molecule has 0 amide bonds. The minimum Gasteiger partial charge on any atom is -0.481 e. The van der Waals surface area contributed by atoms with Crippen molar-refractivity contribution in [3.05, 3.63) is 64.3 Å². The molecule has 1 aromatic carbocycles. The maximum Gasteiger partial charge on any atom is 0.330 e. The molecule has 0 saturated heterocycles. The van der Waals surface area contributed by atoms with Gasteiger partial charge in [-0.15, -0.1) is 0 Å². The summed E-state index contributed by atoms with van der Waals surface area (Å²) in [6.07, 6.45) is 5.04. The zero-order valence-electron chi connectivity index (χ0n) is 17.5. The minimum absolute atomic E-state index is 0.0882. The number of benzene rings is 1. The highest BCUT2D eigenvalue weighted by molar-refractivity contribution is 5.87.